The fraction of sp³-hybridized carbons (Fsp3) is 0.294. The first-order chi connectivity index (χ1) is 9.47. The van der Waals surface area contributed by atoms with Crippen LogP contribution >= 0.6 is 27.5 Å². The van der Waals surface area contributed by atoms with Crippen LogP contribution in [0.5, 0.6) is 0 Å². The van der Waals surface area contributed by atoms with Gasteiger partial charge in [0.25, 0.3) is 0 Å². The second-order valence-corrected chi connectivity index (χ2v) is 6.57. The molecule has 3 heteroatoms. The van der Waals surface area contributed by atoms with Gasteiger partial charge in [0.2, 0.25) is 0 Å². The average Bonchev–Trinajstić information content (AvgIpc) is 2.42. The quantitative estimate of drug-likeness (QED) is 0.769. The zero-order chi connectivity index (χ0) is 14.7. The summed E-state index contributed by atoms with van der Waals surface area (Å²) < 4.78 is 0.883. The molecule has 0 spiro atoms. The zero-order valence-electron chi connectivity index (χ0n) is 11.6. The summed E-state index contributed by atoms with van der Waals surface area (Å²) >= 11 is 9.44. The van der Waals surface area contributed by atoms with Gasteiger partial charge in [-0.15, -0.1) is 0 Å². The summed E-state index contributed by atoms with van der Waals surface area (Å²) in [5, 5.41) is 11.0. The predicted octanol–water partition coefficient (Wildman–Crippen LogP) is 5.50. The van der Waals surface area contributed by atoms with E-state index in [1.165, 1.54) is 5.56 Å². The van der Waals surface area contributed by atoms with Crippen molar-refractivity contribution in [3.05, 3.63) is 68.7 Å². The molecule has 0 saturated carbocycles. The first-order valence-corrected chi connectivity index (χ1v) is 7.86. The molecule has 0 radical (unpaired) electrons. The zero-order valence-corrected chi connectivity index (χ0v) is 13.9. The van der Waals surface area contributed by atoms with E-state index >= 15 is 0 Å². The highest BCUT2D eigenvalue weighted by molar-refractivity contribution is 9.10. The van der Waals surface area contributed by atoms with Gasteiger partial charge in [-0.05, 0) is 40.8 Å². The maximum atomic E-state index is 10.4. The molecule has 1 unspecified atom stereocenters. The van der Waals surface area contributed by atoms with Crippen molar-refractivity contribution < 1.29 is 5.11 Å². The fourth-order valence-electron chi connectivity index (χ4n) is 2.14. The molecule has 0 aliphatic carbocycles. The lowest BCUT2D eigenvalue weighted by Crippen LogP contribution is -2.03. The summed E-state index contributed by atoms with van der Waals surface area (Å²) in [6, 6.07) is 13.9. The molecular formula is C17H18BrClO. The summed E-state index contributed by atoms with van der Waals surface area (Å²) in [4.78, 5) is 0. The second-order valence-electron chi connectivity index (χ2n) is 5.28. The molecule has 0 saturated heterocycles. The lowest BCUT2D eigenvalue weighted by Gasteiger charge is -2.14. The molecule has 1 nitrogen and oxygen atoms in total. The molecule has 2 aromatic carbocycles. The van der Waals surface area contributed by atoms with Crippen LogP contribution in [0.4, 0.5) is 0 Å². The minimum absolute atomic E-state index is 0.524. The van der Waals surface area contributed by atoms with Gasteiger partial charge in [0, 0.05) is 15.9 Å². The van der Waals surface area contributed by atoms with Gasteiger partial charge in [0.05, 0.1) is 6.10 Å². The molecule has 0 fully saturated rings. The van der Waals surface area contributed by atoms with E-state index in [0.717, 1.165) is 15.6 Å². The molecule has 2 rings (SSSR count). The summed E-state index contributed by atoms with van der Waals surface area (Å²) in [5.41, 5.74) is 3.26. The number of rotatable bonds is 4. The van der Waals surface area contributed by atoms with Gasteiger partial charge in [0.15, 0.2) is 0 Å². The van der Waals surface area contributed by atoms with Crippen LogP contribution in [0.3, 0.4) is 0 Å². The van der Waals surface area contributed by atoms with Crippen LogP contribution in [0.15, 0.2) is 46.9 Å². The third-order valence-electron chi connectivity index (χ3n) is 3.39. The van der Waals surface area contributed by atoms with Crippen molar-refractivity contribution in [2.75, 3.05) is 0 Å². The third-order valence-corrected chi connectivity index (χ3v) is 4.35. The average molecular weight is 354 g/mol. The number of benzene rings is 2. The van der Waals surface area contributed by atoms with Gasteiger partial charge in [-0.25, -0.2) is 0 Å². The number of aliphatic hydroxyl groups is 1. The third kappa shape index (κ3) is 3.85. The van der Waals surface area contributed by atoms with Crippen molar-refractivity contribution in [1.82, 2.24) is 0 Å². The smallest absolute Gasteiger partial charge is 0.0841 e. The topological polar surface area (TPSA) is 20.2 Å². The first kappa shape index (κ1) is 15.6. The van der Waals surface area contributed by atoms with E-state index < -0.39 is 6.10 Å². The fourth-order valence-corrected chi connectivity index (χ4v) is 2.83. The number of aliphatic hydroxyl groups excluding tert-OH is 1. The van der Waals surface area contributed by atoms with Gasteiger partial charge >= 0.3 is 0 Å². The Labute approximate surface area is 133 Å². The van der Waals surface area contributed by atoms with Crippen LogP contribution in [0.1, 0.15) is 42.6 Å². The van der Waals surface area contributed by atoms with Crippen molar-refractivity contribution in [2.45, 2.75) is 32.3 Å². The SMILES string of the molecule is CC(C)c1ccc(CC(O)c2cc(Cl)ccc2Br)cc1. The molecule has 106 valence electrons. The maximum absolute atomic E-state index is 10.4. The van der Waals surface area contributed by atoms with Crippen molar-refractivity contribution in [3.8, 4) is 0 Å². The summed E-state index contributed by atoms with van der Waals surface area (Å²) in [6.45, 7) is 4.35. The van der Waals surface area contributed by atoms with E-state index in [1.807, 2.05) is 6.07 Å². The number of halogens is 2. The Morgan fingerprint density at radius 1 is 1.10 bits per heavy atom. The van der Waals surface area contributed by atoms with Crippen LogP contribution in [0.2, 0.25) is 5.02 Å². The van der Waals surface area contributed by atoms with Gasteiger partial charge in [-0.2, -0.15) is 0 Å². The summed E-state index contributed by atoms with van der Waals surface area (Å²) in [6.07, 6.45) is 0.0186. The number of hydrogen-bond acceptors (Lipinski definition) is 1. The molecular weight excluding hydrogens is 336 g/mol. The van der Waals surface area contributed by atoms with Crippen LogP contribution < -0.4 is 0 Å². The van der Waals surface area contributed by atoms with E-state index in [9.17, 15) is 5.11 Å². The van der Waals surface area contributed by atoms with E-state index in [4.69, 9.17) is 11.6 Å². The van der Waals surface area contributed by atoms with E-state index in [2.05, 4.69) is 54.0 Å². The monoisotopic (exact) mass is 352 g/mol. The highest BCUT2D eigenvalue weighted by Gasteiger charge is 2.13. The number of hydrogen-bond donors (Lipinski definition) is 1. The Hall–Kier alpha value is -0.830. The molecule has 1 N–H and O–H groups in total. The Morgan fingerprint density at radius 2 is 1.75 bits per heavy atom. The van der Waals surface area contributed by atoms with Crippen molar-refractivity contribution >= 4 is 27.5 Å². The molecule has 1 atom stereocenters. The van der Waals surface area contributed by atoms with Gasteiger partial charge in [0.1, 0.15) is 0 Å². The van der Waals surface area contributed by atoms with E-state index in [-0.39, 0.29) is 0 Å². The highest BCUT2D eigenvalue weighted by Crippen LogP contribution is 2.29. The van der Waals surface area contributed by atoms with Gasteiger partial charge < -0.3 is 5.11 Å². The van der Waals surface area contributed by atoms with Crippen molar-refractivity contribution in [2.24, 2.45) is 0 Å². The van der Waals surface area contributed by atoms with Crippen LogP contribution in [-0.2, 0) is 6.42 Å². The Balaban J connectivity index is 2.14. The van der Waals surface area contributed by atoms with E-state index in [0.29, 0.717) is 17.4 Å². The Bertz CT molecular complexity index is 578. The van der Waals surface area contributed by atoms with E-state index in [1.54, 1.807) is 12.1 Å². The molecule has 0 aliphatic heterocycles. The maximum Gasteiger partial charge on any atom is 0.0841 e. The molecule has 0 aromatic heterocycles. The lowest BCUT2D eigenvalue weighted by atomic mass is 9.97. The largest absolute Gasteiger partial charge is 0.388 e. The molecule has 0 heterocycles. The molecule has 0 bridgehead atoms. The molecule has 20 heavy (non-hydrogen) atoms. The van der Waals surface area contributed by atoms with Crippen LogP contribution in [-0.4, -0.2) is 5.11 Å². The Kier molecular flexibility index (Phi) is 5.25. The van der Waals surface area contributed by atoms with Crippen LogP contribution in [0, 0.1) is 0 Å². The first-order valence-electron chi connectivity index (χ1n) is 6.69. The van der Waals surface area contributed by atoms with Crippen molar-refractivity contribution in [3.63, 3.8) is 0 Å². The Morgan fingerprint density at radius 3 is 2.35 bits per heavy atom. The van der Waals surface area contributed by atoms with Crippen LogP contribution in [0.25, 0.3) is 0 Å². The highest BCUT2D eigenvalue weighted by atomic mass is 79.9. The standard InChI is InChI=1S/C17H18BrClO/c1-11(2)13-5-3-12(4-6-13)9-17(20)15-10-14(19)7-8-16(15)18/h3-8,10-11,17,20H,9H2,1-2H3. The molecule has 0 aliphatic rings. The summed E-state index contributed by atoms with van der Waals surface area (Å²) in [7, 11) is 0. The predicted molar refractivity (Wildman–Crippen MR) is 88.3 cm³/mol. The minimum Gasteiger partial charge on any atom is -0.388 e. The normalized spacial score (nSPS) is 12.7. The summed E-state index contributed by atoms with van der Waals surface area (Å²) in [5.74, 6) is 0.524. The molecule has 2 aromatic rings. The second kappa shape index (κ2) is 6.75. The van der Waals surface area contributed by atoms with Crippen molar-refractivity contribution in [1.29, 1.82) is 0 Å². The van der Waals surface area contributed by atoms with Gasteiger partial charge in [-0.1, -0.05) is 65.6 Å². The van der Waals surface area contributed by atoms with Gasteiger partial charge in [-0.3, -0.25) is 0 Å². The lowest BCUT2D eigenvalue weighted by molar-refractivity contribution is 0.177. The molecule has 0 amide bonds. The minimum atomic E-state index is -0.562.